The van der Waals surface area contributed by atoms with E-state index in [9.17, 15) is 19.8 Å². The fraction of sp³-hybridized carbons (Fsp3) is 0.962. The standard InChI is InChI=1S/C52H103NO5/c1-3-5-7-9-11-13-15-17-18-21-24-28-32-36-40-44-50(55)49(48-54)53-51(56)45-41-37-33-29-25-22-19-23-27-31-35-39-43-47-58-52(57)46-42-38-34-30-26-20-16-14-12-10-8-6-4-2/h49-50,54-55H,3-48H2,1-2H3,(H,53,56). The maximum absolute atomic E-state index is 12.4. The molecule has 0 aliphatic carbocycles. The molecule has 0 fully saturated rings. The van der Waals surface area contributed by atoms with E-state index in [4.69, 9.17) is 4.74 Å². The second-order valence-corrected chi connectivity index (χ2v) is 18.2. The Morgan fingerprint density at radius 1 is 0.414 bits per heavy atom. The van der Waals surface area contributed by atoms with Crippen LogP contribution in [-0.4, -0.2) is 47.4 Å². The fourth-order valence-electron chi connectivity index (χ4n) is 8.35. The van der Waals surface area contributed by atoms with E-state index in [0.29, 0.717) is 25.9 Å². The number of rotatable bonds is 49. The first kappa shape index (κ1) is 56.9. The molecule has 6 heteroatoms. The van der Waals surface area contributed by atoms with Gasteiger partial charge in [0.1, 0.15) is 0 Å². The van der Waals surface area contributed by atoms with E-state index in [-0.39, 0.29) is 18.5 Å². The molecule has 0 aliphatic heterocycles. The van der Waals surface area contributed by atoms with Crippen LogP contribution in [0.4, 0.5) is 0 Å². The number of hydrogen-bond donors (Lipinski definition) is 3. The summed E-state index contributed by atoms with van der Waals surface area (Å²) < 4.78 is 5.46. The van der Waals surface area contributed by atoms with Gasteiger partial charge in [0.15, 0.2) is 0 Å². The van der Waals surface area contributed by atoms with Gasteiger partial charge < -0.3 is 20.3 Å². The lowest BCUT2D eigenvalue weighted by Crippen LogP contribution is -2.45. The number of ether oxygens (including phenoxy) is 1. The van der Waals surface area contributed by atoms with Gasteiger partial charge in [-0.3, -0.25) is 9.59 Å². The van der Waals surface area contributed by atoms with Crippen molar-refractivity contribution in [1.82, 2.24) is 5.32 Å². The van der Waals surface area contributed by atoms with Crippen LogP contribution in [0.1, 0.15) is 296 Å². The molecule has 2 unspecified atom stereocenters. The summed E-state index contributed by atoms with van der Waals surface area (Å²) in [4.78, 5) is 24.5. The summed E-state index contributed by atoms with van der Waals surface area (Å²) in [5.41, 5.74) is 0. The highest BCUT2D eigenvalue weighted by molar-refractivity contribution is 5.76. The number of unbranched alkanes of at least 4 members (excludes halogenated alkanes) is 38. The number of nitrogens with one attached hydrogen (secondary N) is 1. The monoisotopic (exact) mass is 822 g/mol. The summed E-state index contributed by atoms with van der Waals surface area (Å²) in [5, 5.41) is 23.2. The molecule has 3 N–H and O–H groups in total. The van der Waals surface area contributed by atoms with Crippen molar-refractivity contribution in [3.8, 4) is 0 Å². The molecule has 0 saturated carbocycles. The van der Waals surface area contributed by atoms with Gasteiger partial charge in [-0.2, -0.15) is 0 Å². The van der Waals surface area contributed by atoms with Crippen LogP contribution in [0.2, 0.25) is 0 Å². The first-order valence-corrected chi connectivity index (χ1v) is 26.3. The Morgan fingerprint density at radius 2 is 0.707 bits per heavy atom. The number of esters is 1. The first-order chi connectivity index (χ1) is 28.5. The highest BCUT2D eigenvalue weighted by Crippen LogP contribution is 2.17. The maximum atomic E-state index is 12.4. The third kappa shape index (κ3) is 44.4. The van der Waals surface area contributed by atoms with E-state index in [2.05, 4.69) is 19.2 Å². The van der Waals surface area contributed by atoms with Gasteiger partial charge in [0.25, 0.3) is 0 Å². The third-order valence-electron chi connectivity index (χ3n) is 12.4. The van der Waals surface area contributed by atoms with Crippen molar-refractivity contribution in [2.24, 2.45) is 0 Å². The summed E-state index contributed by atoms with van der Waals surface area (Å²) >= 11 is 0. The van der Waals surface area contributed by atoms with Crippen LogP contribution in [0, 0.1) is 0 Å². The van der Waals surface area contributed by atoms with Crippen molar-refractivity contribution in [2.75, 3.05) is 13.2 Å². The van der Waals surface area contributed by atoms with Gasteiger partial charge in [0.05, 0.1) is 25.4 Å². The summed E-state index contributed by atoms with van der Waals surface area (Å²) in [6.45, 7) is 4.94. The molecule has 0 saturated heterocycles. The zero-order valence-corrected chi connectivity index (χ0v) is 39.3. The summed E-state index contributed by atoms with van der Waals surface area (Å²) in [7, 11) is 0. The average Bonchev–Trinajstić information content (AvgIpc) is 3.22. The van der Waals surface area contributed by atoms with Crippen molar-refractivity contribution >= 4 is 11.9 Å². The fourth-order valence-corrected chi connectivity index (χ4v) is 8.35. The Morgan fingerprint density at radius 3 is 1.05 bits per heavy atom. The van der Waals surface area contributed by atoms with Crippen molar-refractivity contribution in [3.63, 3.8) is 0 Å². The topological polar surface area (TPSA) is 95.9 Å². The highest BCUT2D eigenvalue weighted by Gasteiger charge is 2.20. The van der Waals surface area contributed by atoms with E-state index in [1.165, 1.54) is 212 Å². The maximum Gasteiger partial charge on any atom is 0.305 e. The summed E-state index contributed by atoms with van der Waals surface area (Å²) in [5.74, 6) is -0.0487. The third-order valence-corrected chi connectivity index (χ3v) is 12.4. The zero-order valence-electron chi connectivity index (χ0n) is 39.3. The van der Waals surface area contributed by atoms with Crippen LogP contribution in [0.5, 0.6) is 0 Å². The average molecular weight is 822 g/mol. The number of carbonyl (C=O) groups excluding carboxylic acids is 2. The SMILES string of the molecule is CCCCCCCCCCCCCCCCCC(O)C(CO)NC(=O)CCCCCCCCCCCCCCCOC(=O)CCCCCCCCCCCCCCC. The Bertz CT molecular complexity index is 822. The van der Waals surface area contributed by atoms with E-state index in [0.717, 1.165) is 51.4 Å². The molecule has 346 valence electrons. The van der Waals surface area contributed by atoms with Crippen molar-refractivity contribution in [1.29, 1.82) is 0 Å². The lowest BCUT2D eigenvalue weighted by atomic mass is 10.0. The molecule has 0 aromatic heterocycles. The van der Waals surface area contributed by atoms with Crippen LogP contribution in [0.15, 0.2) is 0 Å². The summed E-state index contributed by atoms with van der Waals surface area (Å²) in [6, 6.07) is -0.549. The van der Waals surface area contributed by atoms with Gasteiger partial charge >= 0.3 is 5.97 Å². The Hall–Kier alpha value is -1.14. The van der Waals surface area contributed by atoms with Gasteiger partial charge in [0.2, 0.25) is 5.91 Å². The molecule has 0 spiro atoms. The molecule has 1 amide bonds. The van der Waals surface area contributed by atoms with Gasteiger partial charge in [-0.1, -0.05) is 258 Å². The van der Waals surface area contributed by atoms with Crippen LogP contribution >= 0.6 is 0 Å². The molecule has 0 aliphatic rings. The Balaban J connectivity index is 3.44. The van der Waals surface area contributed by atoms with Crippen molar-refractivity contribution in [3.05, 3.63) is 0 Å². The van der Waals surface area contributed by atoms with E-state index in [1.807, 2.05) is 0 Å². The zero-order chi connectivity index (χ0) is 42.3. The minimum atomic E-state index is -0.670. The molecular weight excluding hydrogens is 719 g/mol. The predicted octanol–water partition coefficient (Wildman–Crippen LogP) is 15.6. The Kier molecular flexibility index (Phi) is 47.6. The molecule has 0 aromatic carbocycles. The first-order valence-electron chi connectivity index (χ1n) is 26.3. The number of aliphatic hydroxyl groups is 2. The normalized spacial score (nSPS) is 12.6. The predicted molar refractivity (Wildman–Crippen MR) is 250 cm³/mol. The van der Waals surface area contributed by atoms with Gasteiger partial charge in [-0.25, -0.2) is 0 Å². The Labute approximate surface area is 362 Å². The van der Waals surface area contributed by atoms with E-state index in [1.54, 1.807) is 0 Å². The molecule has 58 heavy (non-hydrogen) atoms. The van der Waals surface area contributed by atoms with Crippen molar-refractivity contribution < 1.29 is 24.5 Å². The number of carbonyl (C=O) groups is 2. The minimum Gasteiger partial charge on any atom is -0.466 e. The van der Waals surface area contributed by atoms with Crippen molar-refractivity contribution in [2.45, 2.75) is 309 Å². The largest absolute Gasteiger partial charge is 0.466 e. The molecule has 0 radical (unpaired) electrons. The van der Waals surface area contributed by atoms with E-state index >= 15 is 0 Å². The lowest BCUT2D eigenvalue weighted by molar-refractivity contribution is -0.143. The second-order valence-electron chi connectivity index (χ2n) is 18.2. The van der Waals surface area contributed by atoms with Crippen LogP contribution in [-0.2, 0) is 14.3 Å². The second kappa shape index (κ2) is 48.5. The summed E-state index contributed by atoms with van der Waals surface area (Å²) in [6.07, 6.45) is 53.5. The van der Waals surface area contributed by atoms with Gasteiger partial charge in [-0.05, 0) is 25.7 Å². The number of hydrogen-bond acceptors (Lipinski definition) is 5. The molecular formula is C52H103NO5. The minimum absolute atomic E-state index is 0.00321. The lowest BCUT2D eigenvalue weighted by Gasteiger charge is -2.22. The molecule has 2 atom stereocenters. The van der Waals surface area contributed by atoms with Gasteiger partial charge in [-0.15, -0.1) is 0 Å². The van der Waals surface area contributed by atoms with Crippen LogP contribution < -0.4 is 5.32 Å². The van der Waals surface area contributed by atoms with E-state index < -0.39 is 12.1 Å². The van der Waals surface area contributed by atoms with Gasteiger partial charge in [0, 0.05) is 12.8 Å². The van der Waals surface area contributed by atoms with Crippen LogP contribution in [0.3, 0.4) is 0 Å². The molecule has 0 aromatic rings. The number of amides is 1. The van der Waals surface area contributed by atoms with Crippen LogP contribution in [0.25, 0.3) is 0 Å². The molecule has 0 heterocycles. The number of aliphatic hydroxyl groups excluding tert-OH is 2. The molecule has 0 rings (SSSR count). The quantitative estimate of drug-likeness (QED) is 0.0420. The molecule has 0 bridgehead atoms. The molecule has 6 nitrogen and oxygen atoms in total. The smallest absolute Gasteiger partial charge is 0.305 e. The highest BCUT2D eigenvalue weighted by atomic mass is 16.5.